The maximum atomic E-state index is 12.7. The number of benzene rings is 2. The molecule has 1 unspecified atom stereocenters. The third-order valence-corrected chi connectivity index (χ3v) is 6.30. The molecule has 1 heterocycles. The summed E-state index contributed by atoms with van der Waals surface area (Å²) in [5.41, 5.74) is 4.04. The van der Waals surface area contributed by atoms with Crippen LogP contribution in [-0.4, -0.2) is 17.6 Å². The number of amides is 2. The molecule has 1 aliphatic heterocycles. The number of carbonyl (C=O) groups excluding carboxylic acids is 2. The minimum atomic E-state index is -0.0875. The summed E-state index contributed by atoms with van der Waals surface area (Å²) < 4.78 is 0. The van der Waals surface area contributed by atoms with E-state index in [2.05, 4.69) is 45.1 Å². The van der Waals surface area contributed by atoms with Gasteiger partial charge in [-0.3, -0.25) is 14.5 Å². The largest absolute Gasteiger partial charge is 0.326 e. The zero-order valence-corrected chi connectivity index (χ0v) is 18.5. The van der Waals surface area contributed by atoms with E-state index in [1.165, 1.54) is 5.56 Å². The van der Waals surface area contributed by atoms with Crippen LogP contribution in [-0.2, 0) is 15.0 Å². The Morgan fingerprint density at radius 3 is 2.55 bits per heavy atom. The molecule has 0 spiro atoms. The van der Waals surface area contributed by atoms with E-state index in [1.54, 1.807) is 11.8 Å². The van der Waals surface area contributed by atoms with Crippen molar-refractivity contribution in [3.63, 3.8) is 0 Å². The number of nitrogens with zero attached hydrogens (tertiary/aromatic N) is 1. The van der Waals surface area contributed by atoms with Gasteiger partial charge in [-0.15, -0.1) is 11.8 Å². The van der Waals surface area contributed by atoms with Crippen molar-refractivity contribution in [3.05, 3.63) is 59.7 Å². The third-order valence-electron chi connectivity index (χ3n) is 5.09. The van der Waals surface area contributed by atoms with Crippen molar-refractivity contribution in [2.45, 2.75) is 57.7 Å². The van der Waals surface area contributed by atoms with Gasteiger partial charge in [0, 0.05) is 17.8 Å². The number of nitrogens with one attached hydrogen (secondary N) is 1. The number of unbranched alkanes of at least 4 members (excludes halogenated alkanes) is 1. The van der Waals surface area contributed by atoms with Crippen molar-refractivity contribution in [2.24, 2.45) is 0 Å². The van der Waals surface area contributed by atoms with Crippen molar-refractivity contribution in [1.82, 2.24) is 0 Å². The zero-order chi connectivity index (χ0) is 21.0. The van der Waals surface area contributed by atoms with Gasteiger partial charge in [0.05, 0.1) is 5.75 Å². The minimum absolute atomic E-state index is 0.0359. The average molecular weight is 411 g/mol. The van der Waals surface area contributed by atoms with Gasteiger partial charge < -0.3 is 5.32 Å². The molecule has 0 bridgehead atoms. The quantitative estimate of drug-likeness (QED) is 0.646. The predicted molar refractivity (Wildman–Crippen MR) is 122 cm³/mol. The second kappa shape index (κ2) is 9.04. The maximum absolute atomic E-state index is 12.7. The Balaban J connectivity index is 1.82. The highest BCUT2D eigenvalue weighted by atomic mass is 32.2. The highest BCUT2D eigenvalue weighted by Gasteiger charge is 2.34. The van der Waals surface area contributed by atoms with E-state index in [-0.39, 0.29) is 22.6 Å². The molecule has 29 heavy (non-hydrogen) atoms. The first kappa shape index (κ1) is 21.4. The summed E-state index contributed by atoms with van der Waals surface area (Å²) in [5.74, 6) is 0.605. The molecule has 1 saturated heterocycles. The summed E-state index contributed by atoms with van der Waals surface area (Å²) in [7, 11) is 0. The van der Waals surface area contributed by atoms with E-state index in [0.29, 0.717) is 12.2 Å². The van der Waals surface area contributed by atoms with Gasteiger partial charge in [0.15, 0.2) is 0 Å². The van der Waals surface area contributed by atoms with Crippen molar-refractivity contribution >= 4 is 35.0 Å². The van der Waals surface area contributed by atoms with Crippen molar-refractivity contribution in [3.8, 4) is 0 Å². The number of hydrogen-bond donors (Lipinski definition) is 1. The molecule has 2 aromatic carbocycles. The van der Waals surface area contributed by atoms with Crippen LogP contribution in [0, 0.1) is 0 Å². The number of carbonyl (C=O) groups is 2. The summed E-state index contributed by atoms with van der Waals surface area (Å²) in [4.78, 5) is 26.6. The molecule has 2 aromatic rings. The van der Waals surface area contributed by atoms with Crippen LogP contribution in [0.5, 0.6) is 0 Å². The molecule has 0 radical (unpaired) electrons. The molecule has 3 rings (SSSR count). The number of thioether (sulfide) groups is 1. The summed E-state index contributed by atoms with van der Waals surface area (Å²) in [5, 5.41) is 2.89. The van der Waals surface area contributed by atoms with Crippen LogP contribution in [0.15, 0.2) is 48.5 Å². The van der Waals surface area contributed by atoms with E-state index in [1.807, 2.05) is 41.3 Å². The predicted octanol–water partition coefficient (Wildman–Crippen LogP) is 5.89. The fourth-order valence-electron chi connectivity index (χ4n) is 3.40. The van der Waals surface area contributed by atoms with Gasteiger partial charge >= 0.3 is 0 Å². The molecule has 0 aliphatic carbocycles. The second-order valence-corrected chi connectivity index (χ2v) is 9.57. The topological polar surface area (TPSA) is 49.4 Å². The Hall–Kier alpha value is -2.27. The average Bonchev–Trinajstić information content (AvgIpc) is 3.07. The number of rotatable bonds is 6. The lowest BCUT2D eigenvalue weighted by atomic mass is 9.87. The highest BCUT2D eigenvalue weighted by molar-refractivity contribution is 8.00. The van der Waals surface area contributed by atoms with E-state index >= 15 is 0 Å². The van der Waals surface area contributed by atoms with Crippen LogP contribution in [0.1, 0.15) is 63.5 Å². The first-order valence-corrected chi connectivity index (χ1v) is 11.3. The SMILES string of the molecule is CCCCC(=O)Nc1cccc(C2SCC(=O)N2c2ccc(C(C)(C)C)cc2)c1. The smallest absolute Gasteiger partial charge is 0.238 e. The molecule has 0 aromatic heterocycles. The van der Waals surface area contributed by atoms with Crippen LogP contribution in [0.2, 0.25) is 0 Å². The number of anilines is 2. The van der Waals surface area contributed by atoms with Gasteiger partial charge in [0.2, 0.25) is 11.8 Å². The van der Waals surface area contributed by atoms with Gasteiger partial charge in [0.1, 0.15) is 5.37 Å². The van der Waals surface area contributed by atoms with Gasteiger partial charge in [-0.2, -0.15) is 0 Å². The first-order valence-electron chi connectivity index (χ1n) is 10.2. The van der Waals surface area contributed by atoms with E-state index < -0.39 is 0 Å². The van der Waals surface area contributed by atoms with Gasteiger partial charge in [0.25, 0.3) is 0 Å². The normalized spacial score (nSPS) is 16.9. The standard InChI is InChI=1S/C24H30N2O2S/c1-5-6-10-21(27)25-19-9-7-8-17(15-19)23-26(22(28)16-29-23)20-13-11-18(12-14-20)24(2,3)4/h7-9,11-15,23H,5-6,10,16H2,1-4H3,(H,25,27). The molecular weight excluding hydrogens is 380 g/mol. The van der Waals surface area contributed by atoms with Gasteiger partial charge in [-0.05, 0) is 47.2 Å². The molecule has 154 valence electrons. The van der Waals surface area contributed by atoms with Gasteiger partial charge in [-0.25, -0.2) is 0 Å². The Labute approximate surface area is 178 Å². The van der Waals surface area contributed by atoms with Gasteiger partial charge in [-0.1, -0.05) is 58.4 Å². The lowest BCUT2D eigenvalue weighted by Gasteiger charge is -2.26. The lowest BCUT2D eigenvalue weighted by molar-refractivity contribution is -0.116. The van der Waals surface area contributed by atoms with E-state index in [4.69, 9.17) is 0 Å². The van der Waals surface area contributed by atoms with Crippen LogP contribution < -0.4 is 10.2 Å². The Bertz CT molecular complexity index is 871. The van der Waals surface area contributed by atoms with Crippen LogP contribution in [0.3, 0.4) is 0 Å². The molecule has 1 fully saturated rings. The highest BCUT2D eigenvalue weighted by Crippen LogP contribution is 2.42. The Morgan fingerprint density at radius 1 is 1.17 bits per heavy atom. The monoisotopic (exact) mass is 410 g/mol. The fraction of sp³-hybridized carbons (Fsp3) is 0.417. The molecule has 4 nitrogen and oxygen atoms in total. The van der Waals surface area contributed by atoms with E-state index in [0.717, 1.165) is 29.8 Å². The van der Waals surface area contributed by atoms with Crippen LogP contribution in [0.25, 0.3) is 0 Å². The molecule has 1 aliphatic rings. The number of hydrogen-bond acceptors (Lipinski definition) is 3. The van der Waals surface area contributed by atoms with Crippen molar-refractivity contribution in [1.29, 1.82) is 0 Å². The Kier molecular flexibility index (Phi) is 6.68. The molecule has 1 N–H and O–H groups in total. The fourth-order valence-corrected chi connectivity index (χ4v) is 4.57. The minimum Gasteiger partial charge on any atom is -0.326 e. The third kappa shape index (κ3) is 5.21. The summed E-state index contributed by atoms with van der Waals surface area (Å²) in [6.45, 7) is 8.62. The lowest BCUT2D eigenvalue weighted by Crippen LogP contribution is -2.28. The second-order valence-electron chi connectivity index (χ2n) is 8.50. The zero-order valence-electron chi connectivity index (χ0n) is 17.7. The first-order chi connectivity index (χ1) is 13.8. The summed E-state index contributed by atoms with van der Waals surface area (Å²) >= 11 is 1.62. The molecular formula is C24H30N2O2S. The molecule has 5 heteroatoms. The van der Waals surface area contributed by atoms with Crippen LogP contribution >= 0.6 is 11.8 Å². The van der Waals surface area contributed by atoms with Crippen molar-refractivity contribution in [2.75, 3.05) is 16.0 Å². The van der Waals surface area contributed by atoms with Crippen molar-refractivity contribution < 1.29 is 9.59 Å². The summed E-state index contributed by atoms with van der Waals surface area (Å²) in [6.07, 6.45) is 2.41. The molecule has 0 saturated carbocycles. The molecule has 2 amide bonds. The van der Waals surface area contributed by atoms with E-state index in [9.17, 15) is 9.59 Å². The summed E-state index contributed by atoms with van der Waals surface area (Å²) in [6, 6.07) is 16.1. The Morgan fingerprint density at radius 2 is 1.90 bits per heavy atom. The maximum Gasteiger partial charge on any atom is 0.238 e. The molecule has 1 atom stereocenters. The van der Waals surface area contributed by atoms with Crippen LogP contribution in [0.4, 0.5) is 11.4 Å².